The fourth-order valence-electron chi connectivity index (χ4n) is 2.21. The molecule has 1 heterocycles. The zero-order valence-corrected chi connectivity index (χ0v) is 12.1. The smallest absolute Gasteiger partial charge is 0.218 e. The Morgan fingerprint density at radius 2 is 2.00 bits per heavy atom. The Kier molecular flexibility index (Phi) is 4.21. The van der Waals surface area contributed by atoms with E-state index in [4.69, 9.17) is 5.26 Å². The third-order valence-electron chi connectivity index (χ3n) is 3.46. The minimum Gasteiger partial charge on any atom is -0.299 e. The first-order chi connectivity index (χ1) is 9.42. The lowest BCUT2D eigenvalue weighted by Crippen LogP contribution is -2.43. The van der Waals surface area contributed by atoms with Crippen LogP contribution in [0.2, 0.25) is 0 Å². The molecule has 1 aliphatic heterocycles. The third-order valence-corrected chi connectivity index (χ3v) is 5.28. The molecule has 5 nitrogen and oxygen atoms in total. The van der Waals surface area contributed by atoms with Crippen LogP contribution < -0.4 is 0 Å². The molecule has 0 spiro atoms. The van der Waals surface area contributed by atoms with Crippen LogP contribution in [0.1, 0.15) is 24.5 Å². The summed E-state index contributed by atoms with van der Waals surface area (Å²) in [4.78, 5) is 11.4. The van der Waals surface area contributed by atoms with Gasteiger partial charge in [-0.05, 0) is 17.7 Å². The van der Waals surface area contributed by atoms with Gasteiger partial charge in [0.05, 0.1) is 17.4 Å². The van der Waals surface area contributed by atoms with Crippen molar-refractivity contribution in [2.45, 2.75) is 19.1 Å². The van der Waals surface area contributed by atoms with Gasteiger partial charge in [0.15, 0.2) is 0 Å². The Morgan fingerprint density at radius 3 is 2.55 bits per heavy atom. The first kappa shape index (κ1) is 14.7. The number of nitrogens with zero attached hydrogens (tertiary/aromatic N) is 2. The summed E-state index contributed by atoms with van der Waals surface area (Å²) in [5.74, 6) is -0.214. The molecule has 6 heteroatoms. The number of hydrogen-bond acceptors (Lipinski definition) is 4. The second-order valence-corrected chi connectivity index (χ2v) is 7.01. The second kappa shape index (κ2) is 5.73. The average molecular weight is 292 g/mol. The van der Waals surface area contributed by atoms with Crippen molar-refractivity contribution >= 4 is 15.8 Å². The minimum absolute atomic E-state index is 0.0976. The van der Waals surface area contributed by atoms with E-state index in [1.807, 2.05) is 6.07 Å². The summed E-state index contributed by atoms with van der Waals surface area (Å²) in [6, 6.07) is 8.50. The highest BCUT2D eigenvalue weighted by Crippen LogP contribution is 2.19. The molecule has 0 amide bonds. The van der Waals surface area contributed by atoms with Crippen molar-refractivity contribution in [2.24, 2.45) is 5.92 Å². The molecule has 1 aromatic carbocycles. The van der Waals surface area contributed by atoms with Gasteiger partial charge >= 0.3 is 0 Å². The number of sulfonamides is 1. The van der Waals surface area contributed by atoms with Crippen molar-refractivity contribution in [1.82, 2.24) is 4.31 Å². The summed E-state index contributed by atoms with van der Waals surface area (Å²) in [6.07, 6.45) is 0.285. The maximum atomic E-state index is 12.3. The topological polar surface area (TPSA) is 78.2 Å². The average Bonchev–Trinajstić information content (AvgIpc) is 2.42. The molecule has 1 atom stereocenters. The number of rotatable bonds is 3. The summed E-state index contributed by atoms with van der Waals surface area (Å²) in [7, 11) is -3.41. The quantitative estimate of drug-likeness (QED) is 0.841. The maximum Gasteiger partial charge on any atom is 0.218 e. The predicted molar refractivity (Wildman–Crippen MR) is 74.1 cm³/mol. The first-order valence-corrected chi connectivity index (χ1v) is 8.03. The van der Waals surface area contributed by atoms with Crippen LogP contribution in [-0.2, 0) is 20.6 Å². The Balaban J connectivity index is 2.11. The highest BCUT2D eigenvalue weighted by molar-refractivity contribution is 7.88. The Labute approximate surface area is 118 Å². The van der Waals surface area contributed by atoms with Gasteiger partial charge in [0, 0.05) is 25.4 Å². The first-order valence-electron chi connectivity index (χ1n) is 6.42. The van der Waals surface area contributed by atoms with Gasteiger partial charge in [-0.25, -0.2) is 12.7 Å². The highest BCUT2D eigenvalue weighted by Gasteiger charge is 2.31. The van der Waals surface area contributed by atoms with Gasteiger partial charge in [-0.2, -0.15) is 5.26 Å². The van der Waals surface area contributed by atoms with Crippen LogP contribution >= 0.6 is 0 Å². The SMILES string of the molecule is CC1CN(S(=O)(=O)Cc2ccc(C#N)cc2)CCC1=O. The standard InChI is InChI=1S/C14H16N2O3S/c1-11-9-16(7-6-14(11)17)20(18,19)10-13-4-2-12(8-15)3-5-13/h2-5,11H,6-7,9-10H2,1H3. The number of piperidine rings is 1. The Morgan fingerprint density at radius 1 is 1.35 bits per heavy atom. The number of hydrogen-bond donors (Lipinski definition) is 0. The lowest BCUT2D eigenvalue weighted by atomic mass is 10.0. The normalized spacial score (nSPS) is 20.6. The molecular formula is C14H16N2O3S. The number of Topliss-reactive ketones (excluding diaryl/α,β-unsaturated/α-hetero) is 1. The molecule has 0 aliphatic carbocycles. The predicted octanol–water partition coefficient (Wildman–Crippen LogP) is 1.30. The summed E-state index contributed by atoms with van der Waals surface area (Å²) in [6.45, 7) is 2.28. The Hall–Kier alpha value is -1.71. The van der Waals surface area contributed by atoms with Crippen LogP contribution in [0, 0.1) is 17.2 Å². The molecule has 20 heavy (non-hydrogen) atoms. The molecule has 1 unspecified atom stereocenters. The minimum atomic E-state index is -3.41. The zero-order valence-electron chi connectivity index (χ0n) is 11.2. The van der Waals surface area contributed by atoms with Crippen LogP contribution in [0.5, 0.6) is 0 Å². The van der Waals surface area contributed by atoms with Crippen molar-refractivity contribution in [3.8, 4) is 6.07 Å². The number of ketones is 1. The third kappa shape index (κ3) is 3.24. The molecule has 0 N–H and O–H groups in total. The van der Waals surface area contributed by atoms with Crippen molar-refractivity contribution in [1.29, 1.82) is 5.26 Å². The fraction of sp³-hybridized carbons (Fsp3) is 0.429. The van der Waals surface area contributed by atoms with E-state index >= 15 is 0 Å². The van der Waals surface area contributed by atoms with E-state index in [1.165, 1.54) is 4.31 Å². The van der Waals surface area contributed by atoms with E-state index in [0.29, 0.717) is 11.1 Å². The van der Waals surface area contributed by atoms with Crippen molar-refractivity contribution in [3.05, 3.63) is 35.4 Å². The van der Waals surface area contributed by atoms with Crippen LogP contribution in [0.25, 0.3) is 0 Å². The lowest BCUT2D eigenvalue weighted by Gasteiger charge is -2.29. The summed E-state index contributed by atoms with van der Waals surface area (Å²) in [5.41, 5.74) is 1.15. The van der Waals surface area contributed by atoms with Gasteiger partial charge in [-0.15, -0.1) is 0 Å². The Bertz CT molecular complexity index is 644. The number of carbonyl (C=O) groups excluding carboxylic acids is 1. The molecule has 1 saturated heterocycles. The van der Waals surface area contributed by atoms with Gasteiger partial charge in [0.1, 0.15) is 5.78 Å². The van der Waals surface area contributed by atoms with E-state index in [2.05, 4.69) is 0 Å². The van der Waals surface area contributed by atoms with E-state index in [0.717, 1.165) is 0 Å². The molecule has 0 saturated carbocycles. The van der Waals surface area contributed by atoms with Crippen LogP contribution in [0.4, 0.5) is 0 Å². The summed E-state index contributed by atoms with van der Waals surface area (Å²) in [5, 5.41) is 8.71. The molecule has 1 aliphatic rings. The van der Waals surface area contributed by atoms with Gasteiger partial charge < -0.3 is 0 Å². The fourth-order valence-corrected chi connectivity index (χ4v) is 3.83. The second-order valence-electron chi connectivity index (χ2n) is 5.04. The van der Waals surface area contributed by atoms with Crippen molar-refractivity contribution in [2.75, 3.05) is 13.1 Å². The molecule has 0 bridgehead atoms. The van der Waals surface area contributed by atoms with Gasteiger partial charge in [0.25, 0.3) is 0 Å². The molecular weight excluding hydrogens is 276 g/mol. The number of benzene rings is 1. The molecule has 1 aromatic rings. The van der Waals surface area contributed by atoms with Crippen LogP contribution in [0.15, 0.2) is 24.3 Å². The molecule has 2 rings (SSSR count). The molecule has 1 fully saturated rings. The summed E-state index contributed by atoms with van der Waals surface area (Å²) >= 11 is 0. The zero-order chi connectivity index (χ0) is 14.8. The largest absolute Gasteiger partial charge is 0.299 e. The highest BCUT2D eigenvalue weighted by atomic mass is 32.2. The van der Waals surface area contributed by atoms with E-state index < -0.39 is 10.0 Å². The van der Waals surface area contributed by atoms with E-state index in [-0.39, 0.29) is 37.0 Å². The molecule has 0 aromatic heterocycles. The maximum absolute atomic E-state index is 12.3. The van der Waals surface area contributed by atoms with E-state index in [1.54, 1.807) is 31.2 Å². The number of nitriles is 1. The monoisotopic (exact) mass is 292 g/mol. The lowest BCUT2D eigenvalue weighted by molar-refractivity contribution is -0.124. The molecule has 0 radical (unpaired) electrons. The van der Waals surface area contributed by atoms with Gasteiger partial charge in [-0.3, -0.25) is 4.79 Å². The van der Waals surface area contributed by atoms with Crippen LogP contribution in [-0.4, -0.2) is 31.6 Å². The number of carbonyl (C=O) groups is 1. The van der Waals surface area contributed by atoms with E-state index in [9.17, 15) is 13.2 Å². The van der Waals surface area contributed by atoms with Gasteiger partial charge in [-0.1, -0.05) is 19.1 Å². The summed E-state index contributed by atoms with van der Waals surface area (Å²) < 4.78 is 26.0. The van der Waals surface area contributed by atoms with Crippen molar-refractivity contribution < 1.29 is 13.2 Å². The molecule has 106 valence electrons. The van der Waals surface area contributed by atoms with Crippen LogP contribution in [0.3, 0.4) is 0 Å². The van der Waals surface area contributed by atoms with Crippen molar-refractivity contribution in [3.63, 3.8) is 0 Å². The van der Waals surface area contributed by atoms with Gasteiger partial charge in [0.2, 0.25) is 10.0 Å².